The molecular formula is C21H24N2O3S. The van der Waals surface area contributed by atoms with Crippen LogP contribution in [0.15, 0.2) is 53.4 Å². The van der Waals surface area contributed by atoms with Crippen molar-refractivity contribution in [2.75, 3.05) is 23.8 Å². The number of hydrogen-bond acceptors (Lipinski definition) is 4. The largest absolute Gasteiger partial charge is 0.494 e. The number of benzene rings is 2. The number of rotatable bonds is 7. The first-order valence-corrected chi connectivity index (χ1v) is 10.2. The molecule has 0 atom stereocenters. The molecule has 6 heteroatoms. The average Bonchev–Trinajstić information content (AvgIpc) is 2.71. The number of anilines is 1. The number of nitrogens with zero attached hydrogens (tertiary/aromatic N) is 1. The molecule has 0 saturated heterocycles. The Hall–Kier alpha value is -2.47. The maximum atomic E-state index is 12.6. The van der Waals surface area contributed by atoms with Crippen molar-refractivity contribution in [1.29, 1.82) is 0 Å². The summed E-state index contributed by atoms with van der Waals surface area (Å²) in [5.41, 5.74) is 1.95. The number of ether oxygens (including phenoxy) is 1. The summed E-state index contributed by atoms with van der Waals surface area (Å²) >= 11 is 1.76. The molecule has 1 N–H and O–H groups in total. The van der Waals surface area contributed by atoms with E-state index < -0.39 is 0 Å². The Kier molecular flexibility index (Phi) is 6.76. The van der Waals surface area contributed by atoms with E-state index in [0.29, 0.717) is 19.7 Å². The van der Waals surface area contributed by atoms with Crippen LogP contribution in [-0.4, -0.2) is 30.7 Å². The lowest BCUT2D eigenvalue weighted by Gasteiger charge is -2.29. The third-order valence-corrected chi connectivity index (χ3v) is 5.36. The van der Waals surface area contributed by atoms with Crippen molar-refractivity contribution in [3.63, 3.8) is 0 Å². The zero-order valence-electron chi connectivity index (χ0n) is 15.4. The van der Waals surface area contributed by atoms with Gasteiger partial charge in [0.1, 0.15) is 5.75 Å². The Balaban J connectivity index is 1.46. The molecule has 2 aromatic rings. The van der Waals surface area contributed by atoms with Gasteiger partial charge in [0.25, 0.3) is 0 Å². The third kappa shape index (κ3) is 5.26. The lowest BCUT2D eigenvalue weighted by atomic mass is 10.2. The number of amides is 2. The Morgan fingerprint density at radius 1 is 1.11 bits per heavy atom. The molecule has 142 valence electrons. The van der Waals surface area contributed by atoms with E-state index in [0.717, 1.165) is 27.6 Å². The molecule has 2 amide bonds. The SMILES string of the molecule is CCOc1ccc(CNC(=O)CCC(=O)N2CCSc3ccccc32)cc1. The van der Waals surface area contributed by atoms with Crippen LogP contribution in [0.1, 0.15) is 25.3 Å². The molecule has 1 aliphatic rings. The highest BCUT2D eigenvalue weighted by Crippen LogP contribution is 2.34. The second-order valence-corrected chi connectivity index (χ2v) is 7.35. The molecule has 5 nitrogen and oxygen atoms in total. The molecular weight excluding hydrogens is 360 g/mol. The Bertz CT molecular complexity index is 792. The fourth-order valence-corrected chi connectivity index (χ4v) is 3.94. The van der Waals surface area contributed by atoms with Crippen LogP contribution in [0.3, 0.4) is 0 Å². The van der Waals surface area contributed by atoms with Gasteiger partial charge in [-0.1, -0.05) is 24.3 Å². The van der Waals surface area contributed by atoms with Gasteiger partial charge in [0.15, 0.2) is 0 Å². The minimum absolute atomic E-state index is 0.000956. The summed E-state index contributed by atoms with van der Waals surface area (Å²) in [4.78, 5) is 27.6. The van der Waals surface area contributed by atoms with Crippen molar-refractivity contribution in [1.82, 2.24) is 5.32 Å². The lowest BCUT2D eigenvalue weighted by Crippen LogP contribution is -2.36. The minimum atomic E-state index is -0.114. The van der Waals surface area contributed by atoms with E-state index in [4.69, 9.17) is 4.74 Å². The van der Waals surface area contributed by atoms with Crippen molar-refractivity contribution in [2.24, 2.45) is 0 Å². The number of fused-ring (bicyclic) bond motifs is 1. The number of carbonyl (C=O) groups is 2. The Morgan fingerprint density at radius 2 is 1.89 bits per heavy atom. The monoisotopic (exact) mass is 384 g/mol. The summed E-state index contributed by atoms with van der Waals surface area (Å²) in [6.45, 7) is 3.71. The van der Waals surface area contributed by atoms with Crippen LogP contribution in [0.2, 0.25) is 0 Å². The number of nitrogens with one attached hydrogen (secondary N) is 1. The minimum Gasteiger partial charge on any atom is -0.494 e. The van der Waals surface area contributed by atoms with Crippen LogP contribution in [0, 0.1) is 0 Å². The molecule has 2 aromatic carbocycles. The van der Waals surface area contributed by atoms with Gasteiger partial charge in [-0.2, -0.15) is 0 Å². The predicted octanol–water partition coefficient (Wildman–Crippen LogP) is 3.62. The molecule has 27 heavy (non-hydrogen) atoms. The van der Waals surface area contributed by atoms with Gasteiger partial charge in [0.05, 0.1) is 12.3 Å². The van der Waals surface area contributed by atoms with Gasteiger partial charge in [0, 0.05) is 36.6 Å². The van der Waals surface area contributed by atoms with E-state index in [9.17, 15) is 9.59 Å². The predicted molar refractivity (Wildman–Crippen MR) is 108 cm³/mol. The van der Waals surface area contributed by atoms with Crippen molar-refractivity contribution in [2.45, 2.75) is 31.2 Å². The molecule has 0 aromatic heterocycles. The van der Waals surface area contributed by atoms with E-state index >= 15 is 0 Å². The molecule has 0 saturated carbocycles. The van der Waals surface area contributed by atoms with E-state index in [1.54, 1.807) is 16.7 Å². The number of carbonyl (C=O) groups excluding carboxylic acids is 2. The topological polar surface area (TPSA) is 58.6 Å². The molecule has 0 radical (unpaired) electrons. The van der Waals surface area contributed by atoms with Gasteiger partial charge in [-0.25, -0.2) is 0 Å². The van der Waals surface area contributed by atoms with E-state index in [2.05, 4.69) is 5.32 Å². The molecule has 0 bridgehead atoms. The number of hydrogen-bond donors (Lipinski definition) is 1. The van der Waals surface area contributed by atoms with E-state index in [1.807, 2.05) is 55.5 Å². The quantitative estimate of drug-likeness (QED) is 0.792. The maximum absolute atomic E-state index is 12.6. The average molecular weight is 385 g/mol. The van der Waals surface area contributed by atoms with Crippen LogP contribution in [-0.2, 0) is 16.1 Å². The fourth-order valence-electron chi connectivity index (χ4n) is 2.94. The molecule has 1 heterocycles. The molecule has 0 spiro atoms. The lowest BCUT2D eigenvalue weighted by molar-refractivity contribution is -0.125. The second kappa shape index (κ2) is 9.46. The molecule has 1 aliphatic heterocycles. The van der Waals surface area contributed by atoms with Gasteiger partial charge >= 0.3 is 0 Å². The zero-order chi connectivity index (χ0) is 19.1. The first-order chi connectivity index (χ1) is 13.2. The third-order valence-electron chi connectivity index (χ3n) is 4.32. The summed E-state index contributed by atoms with van der Waals surface area (Å²) < 4.78 is 5.40. The second-order valence-electron chi connectivity index (χ2n) is 6.22. The highest BCUT2D eigenvalue weighted by Gasteiger charge is 2.22. The van der Waals surface area contributed by atoms with Crippen molar-refractivity contribution in [3.05, 3.63) is 54.1 Å². The normalized spacial score (nSPS) is 13.0. The van der Waals surface area contributed by atoms with Crippen molar-refractivity contribution < 1.29 is 14.3 Å². The summed E-state index contributed by atoms with van der Waals surface area (Å²) in [6, 6.07) is 15.6. The van der Waals surface area contributed by atoms with E-state index in [-0.39, 0.29) is 24.7 Å². The highest BCUT2D eigenvalue weighted by molar-refractivity contribution is 7.99. The Morgan fingerprint density at radius 3 is 2.67 bits per heavy atom. The van der Waals surface area contributed by atoms with Gasteiger partial charge in [0.2, 0.25) is 11.8 Å². The maximum Gasteiger partial charge on any atom is 0.227 e. The molecule has 0 unspecified atom stereocenters. The first-order valence-electron chi connectivity index (χ1n) is 9.18. The highest BCUT2D eigenvalue weighted by atomic mass is 32.2. The van der Waals surface area contributed by atoms with Crippen LogP contribution in [0.25, 0.3) is 0 Å². The standard InChI is InChI=1S/C21H24N2O3S/c1-2-26-17-9-7-16(8-10-17)15-22-20(24)11-12-21(25)23-13-14-27-19-6-4-3-5-18(19)23/h3-10H,2,11-15H2,1H3,(H,22,24). The molecule has 0 aliphatic carbocycles. The fraction of sp³-hybridized carbons (Fsp3) is 0.333. The van der Waals surface area contributed by atoms with E-state index in [1.165, 1.54) is 0 Å². The van der Waals surface area contributed by atoms with Gasteiger partial charge in [-0.15, -0.1) is 11.8 Å². The van der Waals surface area contributed by atoms with Crippen LogP contribution in [0.5, 0.6) is 5.75 Å². The molecule has 3 rings (SSSR count). The summed E-state index contributed by atoms with van der Waals surface area (Å²) in [5, 5.41) is 2.87. The van der Waals surface area contributed by atoms with Gasteiger partial charge in [-0.05, 0) is 36.8 Å². The number of thioether (sulfide) groups is 1. The van der Waals surface area contributed by atoms with Crippen LogP contribution < -0.4 is 15.0 Å². The zero-order valence-corrected chi connectivity index (χ0v) is 16.3. The van der Waals surface area contributed by atoms with Gasteiger partial charge in [-0.3, -0.25) is 9.59 Å². The Labute approximate surface area is 164 Å². The summed E-state index contributed by atoms with van der Waals surface area (Å²) in [6.07, 6.45) is 0.412. The van der Waals surface area contributed by atoms with Crippen LogP contribution >= 0.6 is 11.8 Å². The smallest absolute Gasteiger partial charge is 0.227 e. The van der Waals surface area contributed by atoms with Crippen molar-refractivity contribution in [3.8, 4) is 5.75 Å². The van der Waals surface area contributed by atoms with Crippen LogP contribution in [0.4, 0.5) is 5.69 Å². The first kappa shape index (κ1) is 19.3. The van der Waals surface area contributed by atoms with Crippen molar-refractivity contribution >= 4 is 29.3 Å². The summed E-state index contributed by atoms with van der Waals surface area (Å²) in [7, 11) is 0. The molecule has 0 fully saturated rings. The van der Waals surface area contributed by atoms with Gasteiger partial charge < -0.3 is 15.0 Å². The summed E-state index contributed by atoms with van der Waals surface area (Å²) in [5.74, 6) is 1.58. The number of para-hydroxylation sites is 1.